The van der Waals surface area contributed by atoms with Crippen LogP contribution < -0.4 is 25.8 Å². The number of anilines is 1. The van der Waals surface area contributed by atoms with Crippen molar-refractivity contribution >= 4 is 49.1 Å². The normalized spacial score (nSPS) is 15.4. The molecule has 1 aromatic heterocycles. The van der Waals surface area contributed by atoms with E-state index in [0.717, 1.165) is 34.8 Å². The van der Waals surface area contributed by atoms with Gasteiger partial charge < -0.3 is 20.1 Å². The van der Waals surface area contributed by atoms with Crippen LogP contribution >= 0.6 is 27.3 Å². The Morgan fingerprint density at radius 2 is 1.84 bits per heavy atom. The van der Waals surface area contributed by atoms with Crippen LogP contribution in [-0.4, -0.2) is 45.7 Å². The van der Waals surface area contributed by atoms with E-state index < -0.39 is 15.5 Å². The number of nitrogens with zero attached hydrogens (tertiary/aromatic N) is 2. The van der Waals surface area contributed by atoms with E-state index in [1.54, 1.807) is 67.2 Å². The highest BCUT2D eigenvalue weighted by molar-refractivity contribution is 9.10. The van der Waals surface area contributed by atoms with Crippen LogP contribution in [0.2, 0.25) is 0 Å². The highest BCUT2D eigenvalue weighted by Gasteiger charge is 2.38. The number of hydrogen-bond donors (Lipinski definition) is 3. The third-order valence-corrected chi connectivity index (χ3v) is 11.4. The van der Waals surface area contributed by atoms with Crippen molar-refractivity contribution in [2.24, 2.45) is 10.7 Å². The molecule has 0 saturated heterocycles. The molecule has 0 spiro atoms. The van der Waals surface area contributed by atoms with E-state index in [-0.39, 0.29) is 18.2 Å². The molecule has 1 atom stereocenters. The molecule has 13 heteroatoms. The lowest BCUT2D eigenvalue weighted by molar-refractivity contribution is 0.294. The number of methoxy groups -OCH3 is 1. The fourth-order valence-corrected chi connectivity index (χ4v) is 8.14. The van der Waals surface area contributed by atoms with Crippen molar-refractivity contribution in [3.63, 3.8) is 0 Å². The maximum Gasteiger partial charge on any atom is 0.179 e. The average molecular weight is 765 g/mol. The SMILES string of the molecule is COc1cc2c(cc1-c1csc(CCCNCCS(=O)(=O)c3ccccc3)n1)C(N)(c1cccc(Br)c1OCc1cccc(F)c1)N=CN2. The first-order valence-corrected chi connectivity index (χ1v) is 18.9. The summed E-state index contributed by atoms with van der Waals surface area (Å²) < 4.78 is 51.6. The van der Waals surface area contributed by atoms with E-state index >= 15 is 0 Å². The minimum atomic E-state index is -3.32. The molecule has 0 aliphatic carbocycles. The van der Waals surface area contributed by atoms with E-state index in [2.05, 4.69) is 26.6 Å². The number of hydrogen-bond acceptors (Lipinski definition) is 10. The van der Waals surface area contributed by atoms with Gasteiger partial charge in [0.15, 0.2) is 15.5 Å². The highest BCUT2D eigenvalue weighted by Crippen LogP contribution is 2.46. The summed E-state index contributed by atoms with van der Waals surface area (Å²) in [5.74, 6) is 0.826. The van der Waals surface area contributed by atoms with Crippen LogP contribution in [0.1, 0.15) is 28.1 Å². The van der Waals surface area contributed by atoms with Crippen molar-refractivity contribution in [1.82, 2.24) is 10.3 Å². The number of halogens is 2. The van der Waals surface area contributed by atoms with Crippen LogP contribution in [0.25, 0.3) is 11.3 Å². The number of sulfone groups is 1. The molecule has 2 heterocycles. The number of para-hydroxylation sites is 1. The number of thiazole rings is 1. The van der Waals surface area contributed by atoms with Gasteiger partial charge in [0, 0.05) is 41.1 Å². The molecule has 1 unspecified atom stereocenters. The zero-order valence-electron chi connectivity index (χ0n) is 26.7. The monoisotopic (exact) mass is 763 g/mol. The molecular weight excluding hydrogens is 729 g/mol. The topological polar surface area (TPSA) is 128 Å². The van der Waals surface area contributed by atoms with Crippen molar-refractivity contribution < 1.29 is 22.3 Å². The Kier molecular flexibility index (Phi) is 10.8. The molecule has 1 aliphatic rings. The summed E-state index contributed by atoms with van der Waals surface area (Å²) >= 11 is 5.17. The number of ether oxygens (including phenoxy) is 2. The summed E-state index contributed by atoms with van der Waals surface area (Å²) in [6.07, 6.45) is 3.09. The second-order valence-electron chi connectivity index (χ2n) is 11.4. The van der Waals surface area contributed by atoms with Gasteiger partial charge in [0.05, 0.1) is 45.0 Å². The number of aromatic nitrogens is 1. The molecule has 0 amide bonds. The Labute approximate surface area is 297 Å². The van der Waals surface area contributed by atoms with E-state index in [4.69, 9.17) is 25.2 Å². The summed E-state index contributed by atoms with van der Waals surface area (Å²) in [7, 11) is -1.70. The van der Waals surface area contributed by atoms with Crippen LogP contribution in [-0.2, 0) is 28.5 Å². The van der Waals surface area contributed by atoms with Gasteiger partial charge >= 0.3 is 0 Å². The third-order valence-electron chi connectivity index (χ3n) is 8.11. The third kappa shape index (κ3) is 7.86. The molecule has 0 fully saturated rings. The number of rotatable bonds is 14. The van der Waals surface area contributed by atoms with Gasteiger partial charge in [0.25, 0.3) is 0 Å². The highest BCUT2D eigenvalue weighted by atomic mass is 79.9. The fraction of sp³-hybridized carbons (Fsp3) is 0.222. The van der Waals surface area contributed by atoms with Crippen LogP contribution in [0, 0.1) is 5.82 Å². The second kappa shape index (κ2) is 15.2. The molecule has 49 heavy (non-hydrogen) atoms. The molecule has 9 nitrogen and oxygen atoms in total. The molecular formula is C36H35BrFN5O4S2. The molecule has 1 aliphatic heterocycles. The summed E-state index contributed by atoms with van der Waals surface area (Å²) in [5, 5.41) is 9.38. The Morgan fingerprint density at radius 3 is 2.63 bits per heavy atom. The first-order chi connectivity index (χ1) is 23.7. The van der Waals surface area contributed by atoms with E-state index in [9.17, 15) is 12.8 Å². The number of fused-ring (bicyclic) bond motifs is 1. The first kappa shape index (κ1) is 34.7. The number of nitrogens with one attached hydrogen (secondary N) is 2. The van der Waals surface area contributed by atoms with E-state index in [0.29, 0.717) is 50.6 Å². The standard InChI is InChI=1S/C36H35BrFN5O4S2/c1-46-33-20-31-29(36(39,42-23-41-31)28-12-6-13-30(37)35(28)47-21-24-8-5-9-25(38)18-24)19-27(33)32-22-48-34(43-32)14-7-15-40-16-17-49(44,45)26-10-3-2-4-11-26/h2-6,8-13,18-20,22-23,40H,7,14-17,21,39H2,1H3,(H,41,42). The molecule has 5 aromatic rings. The summed E-state index contributed by atoms with van der Waals surface area (Å²) in [4.78, 5) is 9.96. The lowest BCUT2D eigenvalue weighted by Crippen LogP contribution is -2.40. The van der Waals surface area contributed by atoms with Crippen LogP contribution in [0.3, 0.4) is 0 Å². The molecule has 0 saturated carbocycles. The largest absolute Gasteiger partial charge is 0.496 e. The maximum atomic E-state index is 13.9. The van der Waals surface area contributed by atoms with Gasteiger partial charge in [-0.05, 0) is 70.9 Å². The lowest BCUT2D eigenvalue weighted by Gasteiger charge is -2.33. The van der Waals surface area contributed by atoms with Crippen molar-refractivity contribution in [3.8, 4) is 22.8 Å². The van der Waals surface area contributed by atoms with Gasteiger partial charge in [-0.25, -0.2) is 22.8 Å². The zero-order chi connectivity index (χ0) is 34.4. The number of aryl methyl sites for hydroxylation is 1. The Bertz CT molecular complexity index is 2080. The molecule has 4 aromatic carbocycles. The van der Waals surface area contributed by atoms with Crippen molar-refractivity contribution in [2.75, 3.05) is 31.3 Å². The zero-order valence-corrected chi connectivity index (χ0v) is 29.9. The van der Waals surface area contributed by atoms with Crippen LogP contribution in [0.5, 0.6) is 11.5 Å². The smallest absolute Gasteiger partial charge is 0.179 e. The van der Waals surface area contributed by atoms with Crippen molar-refractivity contribution in [2.45, 2.75) is 30.0 Å². The summed E-state index contributed by atoms with van der Waals surface area (Å²) in [6, 6.07) is 24.2. The number of aliphatic imine (C=N–C) groups is 1. The fourth-order valence-electron chi connectivity index (χ4n) is 5.60. The number of benzene rings is 4. The van der Waals surface area contributed by atoms with Crippen LogP contribution in [0.15, 0.2) is 105 Å². The van der Waals surface area contributed by atoms with Gasteiger partial charge in [-0.15, -0.1) is 11.3 Å². The predicted molar refractivity (Wildman–Crippen MR) is 196 cm³/mol. The Hall–Kier alpha value is -4.14. The molecule has 0 radical (unpaired) electrons. The van der Waals surface area contributed by atoms with Gasteiger partial charge in [-0.3, -0.25) is 5.73 Å². The molecule has 0 bridgehead atoms. The quantitative estimate of drug-likeness (QED) is 0.104. The predicted octanol–water partition coefficient (Wildman–Crippen LogP) is 6.91. The maximum absolute atomic E-state index is 13.9. The summed E-state index contributed by atoms with van der Waals surface area (Å²) in [6.45, 7) is 1.17. The lowest BCUT2D eigenvalue weighted by atomic mass is 9.87. The van der Waals surface area contributed by atoms with Crippen molar-refractivity contribution in [3.05, 3.63) is 122 Å². The summed E-state index contributed by atoms with van der Waals surface area (Å²) in [5.41, 5.74) is 10.1. The van der Waals surface area contributed by atoms with E-state index in [1.807, 2.05) is 35.7 Å². The molecule has 4 N–H and O–H groups in total. The molecule has 6 rings (SSSR count). The van der Waals surface area contributed by atoms with Gasteiger partial charge in [0.1, 0.15) is 23.9 Å². The van der Waals surface area contributed by atoms with Gasteiger partial charge in [0.2, 0.25) is 0 Å². The number of nitrogens with two attached hydrogens (primary N) is 1. The first-order valence-electron chi connectivity index (χ1n) is 15.6. The van der Waals surface area contributed by atoms with Gasteiger partial charge in [-0.2, -0.15) is 0 Å². The Morgan fingerprint density at radius 1 is 1.02 bits per heavy atom. The Balaban J connectivity index is 1.18. The minimum absolute atomic E-state index is 0.0403. The van der Waals surface area contributed by atoms with Crippen LogP contribution in [0.4, 0.5) is 10.1 Å². The van der Waals surface area contributed by atoms with Gasteiger partial charge in [-0.1, -0.05) is 42.5 Å². The average Bonchev–Trinajstić information content (AvgIpc) is 3.58. The van der Waals surface area contributed by atoms with Crippen molar-refractivity contribution in [1.29, 1.82) is 0 Å². The molecule has 254 valence electrons. The minimum Gasteiger partial charge on any atom is -0.496 e. The van der Waals surface area contributed by atoms with E-state index in [1.165, 1.54) is 12.1 Å². The second-order valence-corrected chi connectivity index (χ2v) is 15.3.